The Kier molecular flexibility index (Phi) is 4.01. The number of nitrogens with zero attached hydrogens (tertiary/aromatic N) is 1. The molecule has 1 atom stereocenters. The van der Waals surface area contributed by atoms with Crippen molar-refractivity contribution in [2.45, 2.75) is 6.04 Å². The highest BCUT2D eigenvalue weighted by Crippen LogP contribution is 1.92. The molecule has 15 heavy (non-hydrogen) atoms. The van der Waals surface area contributed by atoms with Crippen LogP contribution in [0.1, 0.15) is 0 Å². The van der Waals surface area contributed by atoms with Crippen LogP contribution in [0.4, 0.5) is 5.82 Å². The SMILES string of the molecule is COCC(CN)Nc1n[nH]c(=O)[nH]c1=O. The van der Waals surface area contributed by atoms with Crippen LogP contribution in [0.15, 0.2) is 9.59 Å². The Morgan fingerprint density at radius 3 is 2.87 bits per heavy atom. The van der Waals surface area contributed by atoms with Gasteiger partial charge in [-0.1, -0.05) is 0 Å². The van der Waals surface area contributed by atoms with Crippen molar-refractivity contribution in [2.24, 2.45) is 5.73 Å². The molecule has 8 heteroatoms. The average molecular weight is 215 g/mol. The fourth-order valence-corrected chi connectivity index (χ4v) is 1.01. The molecule has 0 aromatic carbocycles. The Balaban J connectivity index is 2.79. The normalized spacial score (nSPS) is 12.4. The third-order valence-corrected chi connectivity index (χ3v) is 1.70. The zero-order chi connectivity index (χ0) is 11.3. The number of methoxy groups -OCH3 is 1. The maximum absolute atomic E-state index is 11.2. The first-order valence-electron chi connectivity index (χ1n) is 4.32. The molecule has 0 spiro atoms. The first kappa shape index (κ1) is 11.4. The van der Waals surface area contributed by atoms with Gasteiger partial charge in [0.05, 0.1) is 12.6 Å². The van der Waals surface area contributed by atoms with E-state index in [1.54, 1.807) is 0 Å². The van der Waals surface area contributed by atoms with E-state index in [1.807, 2.05) is 4.98 Å². The summed E-state index contributed by atoms with van der Waals surface area (Å²) in [5.74, 6) is 0.0158. The lowest BCUT2D eigenvalue weighted by Gasteiger charge is -2.14. The van der Waals surface area contributed by atoms with Gasteiger partial charge in [-0.2, -0.15) is 0 Å². The van der Waals surface area contributed by atoms with E-state index in [1.165, 1.54) is 7.11 Å². The van der Waals surface area contributed by atoms with Crippen LogP contribution in [-0.2, 0) is 4.74 Å². The molecule has 0 fully saturated rings. The van der Waals surface area contributed by atoms with Gasteiger partial charge in [-0.3, -0.25) is 9.78 Å². The second-order valence-corrected chi connectivity index (χ2v) is 2.89. The van der Waals surface area contributed by atoms with Gasteiger partial charge in [-0.05, 0) is 0 Å². The Bertz CT molecular complexity index is 412. The molecule has 0 aliphatic rings. The van der Waals surface area contributed by atoms with Crippen LogP contribution in [0.2, 0.25) is 0 Å². The molecular weight excluding hydrogens is 202 g/mol. The van der Waals surface area contributed by atoms with Crippen LogP contribution in [0.5, 0.6) is 0 Å². The molecule has 0 saturated heterocycles. The molecule has 5 N–H and O–H groups in total. The molecule has 0 aliphatic heterocycles. The van der Waals surface area contributed by atoms with Crippen molar-refractivity contribution in [1.82, 2.24) is 15.2 Å². The lowest BCUT2D eigenvalue weighted by molar-refractivity contribution is 0.187. The molecule has 1 aromatic rings. The number of nitrogens with two attached hydrogens (primary N) is 1. The highest BCUT2D eigenvalue weighted by Gasteiger charge is 2.09. The third-order valence-electron chi connectivity index (χ3n) is 1.70. The molecule has 0 saturated carbocycles. The first-order valence-corrected chi connectivity index (χ1v) is 4.32. The minimum absolute atomic E-state index is 0.0158. The number of hydrogen-bond donors (Lipinski definition) is 4. The van der Waals surface area contributed by atoms with Gasteiger partial charge in [-0.15, -0.1) is 5.10 Å². The number of nitrogens with one attached hydrogen (secondary N) is 3. The predicted octanol–water partition coefficient (Wildman–Crippen LogP) is -2.16. The number of H-pyrrole nitrogens is 2. The quantitative estimate of drug-likeness (QED) is 0.443. The van der Waals surface area contributed by atoms with Gasteiger partial charge in [0.1, 0.15) is 0 Å². The van der Waals surface area contributed by atoms with Crippen LogP contribution < -0.4 is 22.3 Å². The number of aromatic amines is 2. The standard InChI is InChI=1S/C7H13N5O3/c1-15-3-4(2-8)9-5-6(13)10-7(14)12-11-5/h4H,2-3,8H2,1H3,(H,9,11)(H2,10,12,13,14). The molecule has 0 radical (unpaired) electrons. The van der Waals surface area contributed by atoms with Crippen LogP contribution in [-0.4, -0.2) is 41.5 Å². The topological polar surface area (TPSA) is 126 Å². The van der Waals surface area contributed by atoms with Gasteiger partial charge < -0.3 is 15.8 Å². The molecule has 0 bridgehead atoms. The monoisotopic (exact) mass is 215 g/mol. The molecular formula is C7H13N5O3. The highest BCUT2D eigenvalue weighted by atomic mass is 16.5. The molecule has 0 aliphatic carbocycles. The van der Waals surface area contributed by atoms with Crippen molar-refractivity contribution in [3.63, 3.8) is 0 Å². The molecule has 1 unspecified atom stereocenters. The van der Waals surface area contributed by atoms with E-state index in [4.69, 9.17) is 10.5 Å². The summed E-state index contributed by atoms with van der Waals surface area (Å²) in [5, 5.41) is 8.40. The van der Waals surface area contributed by atoms with Crippen LogP contribution >= 0.6 is 0 Å². The number of ether oxygens (including phenoxy) is 1. The van der Waals surface area contributed by atoms with Crippen molar-refractivity contribution in [3.8, 4) is 0 Å². The van der Waals surface area contributed by atoms with Crippen LogP contribution in [0.25, 0.3) is 0 Å². The largest absolute Gasteiger partial charge is 0.383 e. The van der Waals surface area contributed by atoms with Crippen LogP contribution in [0.3, 0.4) is 0 Å². The first-order chi connectivity index (χ1) is 7.17. The minimum Gasteiger partial charge on any atom is -0.383 e. The van der Waals surface area contributed by atoms with Crippen LogP contribution in [0, 0.1) is 0 Å². The lowest BCUT2D eigenvalue weighted by atomic mass is 10.3. The van der Waals surface area contributed by atoms with Gasteiger partial charge >= 0.3 is 5.69 Å². The Morgan fingerprint density at radius 2 is 2.33 bits per heavy atom. The fourth-order valence-electron chi connectivity index (χ4n) is 1.01. The van der Waals surface area contributed by atoms with E-state index >= 15 is 0 Å². The minimum atomic E-state index is -0.651. The molecule has 8 nitrogen and oxygen atoms in total. The summed E-state index contributed by atoms with van der Waals surface area (Å²) in [7, 11) is 1.52. The maximum atomic E-state index is 11.2. The third kappa shape index (κ3) is 3.18. The van der Waals surface area contributed by atoms with Crippen molar-refractivity contribution in [3.05, 3.63) is 20.8 Å². The Morgan fingerprint density at radius 1 is 1.60 bits per heavy atom. The van der Waals surface area contributed by atoms with E-state index in [-0.39, 0.29) is 18.4 Å². The maximum Gasteiger partial charge on any atom is 0.342 e. The summed E-state index contributed by atoms with van der Waals surface area (Å²) in [6.45, 7) is 0.630. The summed E-state index contributed by atoms with van der Waals surface area (Å²) in [6.07, 6.45) is 0. The predicted molar refractivity (Wildman–Crippen MR) is 53.8 cm³/mol. The second-order valence-electron chi connectivity index (χ2n) is 2.89. The van der Waals surface area contributed by atoms with Gasteiger partial charge in [0.25, 0.3) is 5.56 Å². The number of rotatable bonds is 5. The van der Waals surface area contributed by atoms with Crippen molar-refractivity contribution >= 4 is 5.82 Å². The number of anilines is 1. The van der Waals surface area contributed by atoms with Crippen molar-refractivity contribution in [1.29, 1.82) is 0 Å². The molecule has 0 amide bonds. The molecule has 1 heterocycles. The van der Waals surface area contributed by atoms with E-state index in [9.17, 15) is 9.59 Å². The van der Waals surface area contributed by atoms with Crippen molar-refractivity contribution in [2.75, 3.05) is 25.6 Å². The van der Waals surface area contributed by atoms with Crippen molar-refractivity contribution < 1.29 is 4.74 Å². The highest BCUT2D eigenvalue weighted by molar-refractivity contribution is 5.30. The molecule has 84 valence electrons. The fraction of sp³-hybridized carbons (Fsp3) is 0.571. The Hall–Kier alpha value is -1.67. The van der Waals surface area contributed by atoms with Gasteiger partial charge in [-0.25, -0.2) is 9.89 Å². The van der Waals surface area contributed by atoms with E-state index < -0.39 is 11.2 Å². The number of hydrogen-bond acceptors (Lipinski definition) is 6. The van der Waals surface area contributed by atoms with E-state index in [0.29, 0.717) is 6.61 Å². The van der Waals surface area contributed by atoms with E-state index in [2.05, 4.69) is 15.5 Å². The molecule has 1 aromatic heterocycles. The molecule has 1 rings (SSSR count). The summed E-state index contributed by atoms with van der Waals surface area (Å²) < 4.78 is 4.88. The number of aromatic nitrogens is 3. The summed E-state index contributed by atoms with van der Waals surface area (Å²) >= 11 is 0. The average Bonchev–Trinajstić information content (AvgIpc) is 2.21. The lowest BCUT2D eigenvalue weighted by Crippen LogP contribution is -2.37. The summed E-state index contributed by atoms with van der Waals surface area (Å²) in [4.78, 5) is 23.9. The second kappa shape index (κ2) is 5.27. The smallest absolute Gasteiger partial charge is 0.342 e. The zero-order valence-corrected chi connectivity index (χ0v) is 8.24. The Labute approximate surface area is 84.8 Å². The van der Waals surface area contributed by atoms with E-state index in [0.717, 1.165) is 0 Å². The zero-order valence-electron chi connectivity index (χ0n) is 8.24. The van der Waals surface area contributed by atoms with Gasteiger partial charge in [0, 0.05) is 13.7 Å². The van der Waals surface area contributed by atoms with Gasteiger partial charge in [0.2, 0.25) is 5.82 Å². The summed E-state index contributed by atoms with van der Waals surface area (Å²) in [6, 6.07) is -0.227. The van der Waals surface area contributed by atoms with Gasteiger partial charge in [0.15, 0.2) is 0 Å². The summed E-state index contributed by atoms with van der Waals surface area (Å²) in [5.41, 5.74) is 4.19.